The Morgan fingerprint density at radius 1 is 1.07 bits per heavy atom. The van der Waals surface area contributed by atoms with Crippen LogP contribution in [0.15, 0.2) is 30.8 Å². The normalized spacial score (nSPS) is 17.3. The molecule has 15 heavy (non-hydrogen) atoms. The molecular formula is C13H17NO. The van der Waals surface area contributed by atoms with E-state index in [0.717, 1.165) is 24.4 Å². The second kappa shape index (κ2) is 4.99. The van der Waals surface area contributed by atoms with Gasteiger partial charge in [-0.15, -0.1) is 5.06 Å². The molecule has 0 radical (unpaired) electrons. The molecule has 1 fully saturated rings. The van der Waals surface area contributed by atoms with Gasteiger partial charge < -0.3 is 4.84 Å². The molecule has 0 bridgehead atoms. The second-order valence-corrected chi connectivity index (χ2v) is 3.85. The van der Waals surface area contributed by atoms with Crippen molar-refractivity contribution < 1.29 is 4.84 Å². The van der Waals surface area contributed by atoms with Gasteiger partial charge in [0.1, 0.15) is 5.75 Å². The van der Waals surface area contributed by atoms with Crippen LogP contribution in [0.2, 0.25) is 0 Å². The summed E-state index contributed by atoms with van der Waals surface area (Å²) in [5.74, 6) is 0.919. The van der Waals surface area contributed by atoms with Gasteiger partial charge in [0.25, 0.3) is 0 Å². The Morgan fingerprint density at radius 2 is 1.73 bits per heavy atom. The molecule has 1 heterocycles. The predicted molar refractivity (Wildman–Crippen MR) is 62.6 cm³/mol. The van der Waals surface area contributed by atoms with Crippen LogP contribution >= 0.6 is 0 Å². The average Bonchev–Trinajstić information content (AvgIpc) is 2.31. The van der Waals surface area contributed by atoms with Gasteiger partial charge in [0.2, 0.25) is 0 Å². The van der Waals surface area contributed by atoms with Gasteiger partial charge in [0.05, 0.1) is 0 Å². The molecule has 0 aliphatic carbocycles. The van der Waals surface area contributed by atoms with Crippen LogP contribution in [0.3, 0.4) is 0 Å². The van der Waals surface area contributed by atoms with Crippen LogP contribution in [0.4, 0.5) is 0 Å². The maximum Gasteiger partial charge on any atom is 0.147 e. The molecule has 2 heteroatoms. The number of piperidine rings is 1. The van der Waals surface area contributed by atoms with Crippen molar-refractivity contribution in [3.05, 3.63) is 36.4 Å². The van der Waals surface area contributed by atoms with Crippen molar-refractivity contribution in [3.8, 4) is 5.75 Å². The van der Waals surface area contributed by atoms with Crippen molar-refractivity contribution in [1.82, 2.24) is 5.06 Å². The molecule has 1 aliphatic heterocycles. The number of hydroxylamine groups is 2. The minimum absolute atomic E-state index is 0.919. The molecule has 1 aromatic carbocycles. The molecule has 1 aliphatic rings. The van der Waals surface area contributed by atoms with Crippen LogP contribution in [0.5, 0.6) is 5.75 Å². The second-order valence-electron chi connectivity index (χ2n) is 3.85. The van der Waals surface area contributed by atoms with Crippen molar-refractivity contribution in [1.29, 1.82) is 0 Å². The molecule has 2 nitrogen and oxygen atoms in total. The van der Waals surface area contributed by atoms with Crippen molar-refractivity contribution in [2.24, 2.45) is 0 Å². The van der Waals surface area contributed by atoms with Gasteiger partial charge in [0, 0.05) is 13.1 Å². The zero-order valence-electron chi connectivity index (χ0n) is 8.98. The molecule has 0 aromatic heterocycles. The number of nitrogens with zero attached hydrogens (tertiary/aromatic N) is 1. The van der Waals surface area contributed by atoms with Gasteiger partial charge >= 0.3 is 0 Å². The highest BCUT2D eigenvalue weighted by Gasteiger charge is 2.11. The van der Waals surface area contributed by atoms with E-state index in [-0.39, 0.29) is 0 Å². The van der Waals surface area contributed by atoms with Crippen LogP contribution in [0.1, 0.15) is 24.8 Å². The number of hydrogen-bond donors (Lipinski definition) is 0. The zero-order valence-corrected chi connectivity index (χ0v) is 8.98. The molecule has 0 saturated carbocycles. The molecule has 0 amide bonds. The molecule has 1 saturated heterocycles. The molecule has 0 N–H and O–H groups in total. The quantitative estimate of drug-likeness (QED) is 0.748. The van der Waals surface area contributed by atoms with Gasteiger partial charge in [-0.2, -0.15) is 0 Å². The lowest BCUT2D eigenvalue weighted by Crippen LogP contribution is -2.32. The van der Waals surface area contributed by atoms with E-state index in [9.17, 15) is 0 Å². The van der Waals surface area contributed by atoms with Gasteiger partial charge in [-0.3, -0.25) is 0 Å². The summed E-state index contributed by atoms with van der Waals surface area (Å²) in [5, 5.41) is 2.05. The monoisotopic (exact) mass is 203 g/mol. The minimum Gasteiger partial charge on any atom is -0.406 e. The maximum absolute atomic E-state index is 5.75. The summed E-state index contributed by atoms with van der Waals surface area (Å²) in [4.78, 5) is 5.75. The van der Waals surface area contributed by atoms with Gasteiger partial charge in [-0.05, 0) is 30.5 Å². The van der Waals surface area contributed by atoms with E-state index in [1.807, 2.05) is 35.4 Å². The summed E-state index contributed by atoms with van der Waals surface area (Å²) in [6, 6.07) is 8.02. The van der Waals surface area contributed by atoms with Gasteiger partial charge in [0.15, 0.2) is 0 Å². The topological polar surface area (TPSA) is 12.5 Å². The summed E-state index contributed by atoms with van der Waals surface area (Å²) in [5.41, 5.74) is 1.13. The lowest BCUT2D eigenvalue weighted by Gasteiger charge is -2.25. The Hall–Kier alpha value is -1.28. The minimum atomic E-state index is 0.919. The highest BCUT2D eigenvalue weighted by atomic mass is 16.7. The van der Waals surface area contributed by atoms with E-state index in [1.54, 1.807) is 0 Å². The van der Waals surface area contributed by atoms with Crippen molar-refractivity contribution in [2.75, 3.05) is 13.1 Å². The lowest BCUT2D eigenvalue weighted by molar-refractivity contribution is -0.0719. The predicted octanol–water partition coefficient (Wildman–Crippen LogP) is 3.11. The highest BCUT2D eigenvalue weighted by Crippen LogP contribution is 2.16. The van der Waals surface area contributed by atoms with Crippen LogP contribution in [-0.2, 0) is 0 Å². The van der Waals surface area contributed by atoms with Gasteiger partial charge in [-0.1, -0.05) is 31.2 Å². The number of hydrogen-bond acceptors (Lipinski definition) is 2. The first-order valence-electron chi connectivity index (χ1n) is 5.54. The summed E-state index contributed by atoms with van der Waals surface area (Å²) >= 11 is 0. The van der Waals surface area contributed by atoms with Crippen molar-refractivity contribution in [3.63, 3.8) is 0 Å². The lowest BCUT2D eigenvalue weighted by atomic mass is 10.2. The third-order valence-corrected chi connectivity index (χ3v) is 2.67. The fraction of sp³-hybridized carbons (Fsp3) is 0.385. The van der Waals surface area contributed by atoms with Crippen molar-refractivity contribution in [2.45, 2.75) is 19.3 Å². The molecular weight excluding hydrogens is 186 g/mol. The molecule has 80 valence electrons. The molecule has 0 atom stereocenters. The van der Waals surface area contributed by atoms with E-state index in [0.29, 0.717) is 0 Å². The van der Waals surface area contributed by atoms with Crippen molar-refractivity contribution >= 4 is 6.08 Å². The van der Waals surface area contributed by atoms with E-state index in [2.05, 4.69) is 6.58 Å². The van der Waals surface area contributed by atoms with E-state index in [1.165, 1.54) is 19.3 Å². The van der Waals surface area contributed by atoms with E-state index in [4.69, 9.17) is 4.84 Å². The fourth-order valence-electron chi connectivity index (χ4n) is 1.77. The third kappa shape index (κ3) is 2.83. The number of rotatable bonds is 3. The molecule has 2 rings (SSSR count). The molecule has 0 spiro atoms. The molecule has 0 unspecified atom stereocenters. The van der Waals surface area contributed by atoms with E-state index < -0.39 is 0 Å². The summed E-state index contributed by atoms with van der Waals surface area (Å²) in [6.07, 6.45) is 5.65. The van der Waals surface area contributed by atoms with Gasteiger partial charge in [-0.25, -0.2) is 0 Å². The Labute approximate surface area is 91.1 Å². The first-order valence-corrected chi connectivity index (χ1v) is 5.54. The standard InChI is InChI=1S/C13H17NO/c1-2-12-6-8-13(9-7-12)15-14-10-4-3-5-11-14/h2,6-9H,1,3-5,10-11H2. The smallest absolute Gasteiger partial charge is 0.147 e. The summed E-state index contributed by atoms with van der Waals surface area (Å²) in [7, 11) is 0. The highest BCUT2D eigenvalue weighted by molar-refractivity contribution is 5.48. The van der Waals surface area contributed by atoms with Crippen LogP contribution < -0.4 is 4.84 Å². The first kappa shape index (κ1) is 10.2. The Kier molecular flexibility index (Phi) is 3.41. The molecule has 1 aromatic rings. The van der Waals surface area contributed by atoms with E-state index >= 15 is 0 Å². The first-order chi connectivity index (χ1) is 7.38. The SMILES string of the molecule is C=Cc1ccc(ON2CCCCC2)cc1. The summed E-state index contributed by atoms with van der Waals surface area (Å²) < 4.78 is 0. The van der Waals surface area contributed by atoms with Crippen LogP contribution in [0, 0.1) is 0 Å². The maximum atomic E-state index is 5.75. The summed E-state index contributed by atoms with van der Waals surface area (Å²) in [6.45, 7) is 5.81. The fourth-order valence-corrected chi connectivity index (χ4v) is 1.77. The van der Waals surface area contributed by atoms with Crippen LogP contribution in [0.25, 0.3) is 6.08 Å². The third-order valence-electron chi connectivity index (χ3n) is 2.67. The number of benzene rings is 1. The zero-order chi connectivity index (χ0) is 10.5. The Balaban J connectivity index is 1.94. The van der Waals surface area contributed by atoms with Crippen LogP contribution in [-0.4, -0.2) is 18.2 Å². The Bertz CT molecular complexity index is 312. The average molecular weight is 203 g/mol. The Morgan fingerprint density at radius 3 is 2.33 bits per heavy atom. The largest absolute Gasteiger partial charge is 0.406 e.